The molecule has 0 radical (unpaired) electrons. The molecule has 0 saturated carbocycles. The lowest BCUT2D eigenvalue weighted by Gasteiger charge is -2.14. The van der Waals surface area contributed by atoms with E-state index >= 15 is 0 Å². The van der Waals surface area contributed by atoms with Gasteiger partial charge in [-0.1, -0.05) is 24.1 Å². The lowest BCUT2D eigenvalue weighted by atomic mass is 10.3. The highest BCUT2D eigenvalue weighted by Crippen LogP contribution is 2.31. The second-order valence-electron chi connectivity index (χ2n) is 3.01. The van der Waals surface area contributed by atoms with Crippen molar-refractivity contribution in [3.8, 4) is 5.75 Å². The van der Waals surface area contributed by atoms with Gasteiger partial charge in [-0.15, -0.1) is 3.71 Å². The van der Waals surface area contributed by atoms with Crippen LogP contribution < -0.4 is 4.74 Å². The van der Waals surface area contributed by atoms with E-state index in [2.05, 4.69) is 0 Å². The van der Waals surface area contributed by atoms with Crippen LogP contribution in [0, 0.1) is 0 Å². The number of rotatable bonds is 1. The van der Waals surface area contributed by atoms with Gasteiger partial charge in [-0.3, -0.25) is 0 Å². The van der Waals surface area contributed by atoms with E-state index in [9.17, 15) is 8.42 Å². The number of ether oxygens (including phenoxy) is 1. The summed E-state index contributed by atoms with van der Waals surface area (Å²) in [4.78, 5) is 0.247. The third kappa shape index (κ3) is 1.84. The predicted octanol–water partition coefficient (Wildman–Crippen LogP) is 1.35. The van der Waals surface area contributed by atoms with Gasteiger partial charge < -0.3 is 4.74 Å². The molecule has 0 bridgehead atoms. The van der Waals surface area contributed by atoms with Crippen molar-refractivity contribution in [2.75, 3.05) is 19.4 Å². The monoisotopic (exact) mass is 245 g/mol. The maximum absolute atomic E-state index is 12.1. The van der Waals surface area contributed by atoms with Gasteiger partial charge in [-0.05, 0) is 18.4 Å². The molecule has 6 heteroatoms. The van der Waals surface area contributed by atoms with E-state index in [0.717, 1.165) is 0 Å². The van der Waals surface area contributed by atoms with E-state index in [4.69, 9.17) is 4.74 Å². The molecule has 0 spiro atoms. The molecule has 0 saturated heterocycles. The minimum atomic E-state index is -3.40. The van der Waals surface area contributed by atoms with Gasteiger partial charge in [-0.2, -0.15) is 0 Å². The molecule has 0 N–H and O–H groups in total. The van der Waals surface area contributed by atoms with E-state index in [1.807, 2.05) is 0 Å². The normalized spacial score (nSPS) is 20.1. The summed E-state index contributed by atoms with van der Waals surface area (Å²) in [6, 6.07) is 6.71. The molecule has 0 aliphatic carbocycles. The van der Waals surface area contributed by atoms with Gasteiger partial charge in [0.05, 0.1) is 6.54 Å². The van der Waals surface area contributed by atoms with Crippen LogP contribution in [0.25, 0.3) is 0 Å². The standard InChI is InChI=1S/C9H11NO3S2/c1-14-10-6-7-13-8-4-2-3-5-9(8)15(10,11)12/h2-5H,6-7H2,1H3. The summed E-state index contributed by atoms with van der Waals surface area (Å²) in [5.41, 5.74) is 0. The summed E-state index contributed by atoms with van der Waals surface area (Å²) < 4.78 is 30.9. The maximum atomic E-state index is 12.1. The Hall–Kier alpha value is -0.720. The average Bonchev–Trinajstić information content (AvgIpc) is 2.36. The molecule has 1 heterocycles. The van der Waals surface area contributed by atoms with Gasteiger partial charge in [0.2, 0.25) is 0 Å². The Bertz CT molecular complexity index is 458. The van der Waals surface area contributed by atoms with Crippen molar-refractivity contribution in [3.63, 3.8) is 0 Å². The van der Waals surface area contributed by atoms with Gasteiger partial charge in [0.1, 0.15) is 17.3 Å². The van der Waals surface area contributed by atoms with Crippen molar-refractivity contribution >= 4 is 22.0 Å². The first kappa shape index (κ1) is 10.8. The Kier molecular flexibility index (Phi) is 2.90. The summed E-state index contributed by atoms with van der Waals surface area (Å²) >= 11 is 1.19. The smallest absolute Gasteiger partial charge is 0.256 e. The molecule has 0 aromatic heterocycles. The first-order valence-corrected chi connectivity index (χ1v) is 7.07. The highest BCUT2D eigenvalue weighted by atomic mass is 32.3. The number of para-hydroxylation sites is 1. The minimum absolute atomic E-state index is 0.247. The van der Waals surface area contributed by atoms with Crippen molar-refractivity contribution in [1.82, 2.24) is 3.71 Å². The topological polar surface area (TPSA) is 46.6 Å². The third-order valence-electron chi connectivity index (χ3n) is 2.13. The first-order chi connectivity index (χ1) is 7.16. The van der Waals surface area contributed by atoms with E-state index in [1.54, 1.807) is 30.5 Å². The van der Waals surface area contributed by atoms with Crippen LogP contribution in [0.1, 0.15) is 0 Å². The quantitative estimate of drug-likeness (QED) is 0.701. The van der Waals surface area contributed by atoms with Gasteiger partial charge in [0.25, 0.3) is 10.0 Å². The molecular formula is C9H11NO3S2. The van der Waals surface area contributed by atoms with Crippen molar-refractivity contribution in [1.29, 1.82) is 0 Å². The molecule has 0 atom stereocenters. The Morgan fingerprint density at radius 2 is 2.13 bits per heavy atom. The number of benzene rings is 1. The maximum Gasteiger partial charge on any atom is 0.256 e. The van der Waals surface area contributed by atoms with Crippen molar-refractivity contribution in [2.45, 2.75) is 4.90 Å². The van der Waals surface area contributed by atoms with Crippen LogP contribution in [0.15, 0.2) is 29.2 Å². The molecule has 0 fully saturated rings. The fourth-order valence-electron chi connectivity index (χ4n) is 1.43. The largest absolute Gasteiger partial charge is 0.491 e. The second kappa shape index (κ2) is 4.03. The molecular weight excluding hydrogens is 234 g/mol. The van der Waals surface area contributed by atoms with Crippen LogP contribution in [0.2, 0.25) is 0 Å². The average molecular weight is 245 g/mol. The molecule has 82 valence electrons. The Morgan fingerprint density at radius 1 is 1.40 bits per heavy atom. The van der Waals surface area contributed by atoms with E-state index in [1.165, 1.54) is 15.7 Å². The summed E-state index contributed by atoms with van der Waals surface area (Å²) in [6.45, 7) is 0.759. The molecule has 4 nitrogen and oxygen atoms in total. The fourth-order valence-corrected chi connectivity index (χ4v) is 3.88. The van der Waals surface area contributed by atoms with Gasteiger partial charge in [-0.25, -0.2) is 8.42 Å². The molecule has 0 unspecified atom stereocenters. The van der Waals surface area contributed by atoms with Gasteiger partial charge >= 0.3 is 0 Å². The van der Waals surface area contributed by atoms with Crippen molar-refractivity contribution in [2.24, 2.45) is 0 Å². The van der Waals surface area contributed by atoms with Gasteiger partial charge in [0.15, 0.2) is 0 Å². The fraction of sp³-hybridized carbons (Fsp3) is 0.333. The molecule has 1 aliphatic rings. The molecule has 1 aliphatic heterocycles. The van der Waals surface area contributed by atoms with Crippen LogP contribution in [0.3, 0.4) is 0 Å². The zero-order valence-electron chi connectivity index (χ0n) is 8.21. The molecule has 0 amide bonds. The second-order valence-corrected chi connectivity index (χ2v) is 5.88. The zero-order chi connectivity index (χ0) is 10.9. The van der Waals surface area contributed by atoms with Gasteiger partial charge in [0, 0.05) is 0 Å². The number of hydrogen-bond acceptors (Lipinski definition) is 4. The van der Waals surface area contributed by atoms with Crippen molar-refractivity contribution in [3.05, 3.63) is 24.3 Å². The SMILES string of the molecule is CSN1CCOc2ccccc2S1(=O)=O. The molecule has 2 rings (SSSR count). The predicted molar refractivity (Wildman–Crippen MR) is 59.3 cm³/mol. The summed E-state index contributed by atoms with van der Waals surface area (Å²) in [5, 5.41) is 0. The van der Waals surface area contributed by atoms with Crippen LogP contribution in [-0.4, -0.2) is 31.5 Å². The van der Waals surface area contributed by atoms with E-state index in [0.29, 0.717) is 18.9 Å². The zero-order valence-corrected chi connectivity index (χ0v) is 9.85. The van der Waals surface area contributed by atoms with Crippen molar-refractivity contribution < 1.29 is 13.2 Å². The number of hydrogen-bond donors (Lipinski definition) is 0. The number of sulfonamides is 1. The lowest BCUT2D eigenvalue weighted by Crippen LogP contribution is -2.25. The minimum Gasteiger partial charge on any atom is -0.491 e. The Labute approximate surface area is 93.4 Å². The lowest BCUT2D eigenvalue weighted by molar-refractivity contribution is 0.309. The summed E-state index contributed by atoms with van der Waals surface area (Å²) in [7, 11) is -3.40. The Morgan fingerprint density at radius 3 is 2.87 bits per heavy atom. The van der Waals surface area contributed by atoms with Crippen LogP contribution in [0.4, 0.5) is 0 Å². The third-order valence-corrected chi connectivity index (χ3v) is 5.37. The highest BCUT2D eigenvalue weighted by Gasteiger charge is 2.29. The van der Waals surface area contributed by atoms with Crippen LogP contribution in [-0.2, 0) is 10.0 Å². The van der Waals surface area contributed by atoms with E-state index in [-0.39, 0.29) is 4.90 Å². The van der Waals surface area contributed by atoms with E-state index < -0.39 is 10.0 Å². The molecule has 1 aromatic rings. The van der Waals surface area contributed by atoms with Crippen LogP contribution in [0.5, 0.6) is 5.75 Å². The summed E-state index contributed by atoms with van der Waals surface area (Å²) in [5.74, 6) is 0.439. The molecule has 15 heavy (non-hydrogen) atoms. The van der Waals surface area contributed by atoms with Crippen LogP contribution >= 0.6 is 11.9 Å². The number of fused-ring (bicyclic) bond motifs is 1. The number of nitrogens with zero attached hydrogens (tertiary/aromatic N) is 1. The highest BCUT2D eigenvalue weighted by molar-refractivity contribution is 8.08. The molecule has 1 aromatic carbocycles. The Balaban J connectivity index is 2.58. The first-order valence-electron chi connectivity index (χ1n) is 4.45. The summed E-state index contributed by atoms with van der Waals surface area (Å²) in [6.07, 6.45) is 1.74.